The van der Waals surface area contributed by atoms with E-state index < -0.39 is 6.61 Å². The minimum absolute atomic E-state index is 0.0200. The first-order chi connectivity index (χ1) is 8.58. The molecule has 2 rings (SSSR count). The number of ketones is 1. The van der Waals surface area contributed by atoms with Crippen LogP contribution in [0, 0.1) is 0 Å². The average Bonchev–Trinajstić information content (AvgIpc) is 2.75. The molecule has 18 heavy (non-hydrogen) atoms. The van der Waals surface area contributed by atoms with Crippen LogP contribution in [0.1, 0.15) is 16.1 Å². The van der Waals surface area contributed by atoms with Crippen LogP contribution in [0.25, 0.3) is 0 Å². The fraction of sp³-hybridized carbons (Fsp3) is 0.167. The molecule has 0 bridgehead atoms. The Bertz CT molecular complexity index is 549. The normalized spacial score (nSPS) is 10.7. The summed E-state index contributed by atoms with van der Waals surface area (Å²) < 4.78 is 29.6. The van der Waals surface area contributed by atoms with E-state index in [-0.39, 0.29) is 11.5 Å². The van der Waals surface area contributed by atoms with Crippen molar-refractivity contribution in [3.63, 3.8) is 0 Å². The highest BCUT2D eigenvalue weighted by atomic mass is 19.3. The van der Waals surface area contributed by atoms with Crippen LogP contribution >= 0.6 is 0 Å². The van der Waals surface area contributed by atoms with Crippen LogP contribution in [0.15, 0.2) is 36.5 Å². The van der Waals surface area contributed by atoms with Crippen molar-refractivity contribution in [3.05, 3.63) is 47.8 Å². The van der Waals surface area contributed by atoms with Crippen LogP contribution < -0.4 is 4.74 Å². The Morgan fingerprint density at radius 2 is 1.94 bits per heavy atom. The van der Waals surface area contributed by atoms with Gasteiger partial charge in [-0.15, -0.1) is 0 Å². The molecule has 0 spiro atoms. The van der Waals surface area contributed by atoms with E-state index in [9.17, 15) is 13.6 Å². The molecule has 0 saturated carbocycles. The van der Waals surface area contributed by atoms with Crippen molar-refractivity contribution in [2.45, 2.75) is 6.61 Å². The van der Waals surface area contributed by atoms with E-state index in [1.165, 1.54) is 35.1 Å². The average molecular weight is 252 g/mol. The summed E-state index contributed by atoms with van der Waals surface area (Å²) in [5.41, 5.74) is 0.817. The molecule has 0 saturated heterocycles. The predicted octanol–water partition coefficient (Wildman–Crippen LogP) is 2.25. The first kappa shape index (κ1) is 12.2. The first-order valence-corrected chi connectivity index (χ1v) is 5.15. The van der Waals surface area contributed by atoms with E-state index >= 15 is 0 Å². The van der Waals surface area contributed by atoms with Gasteiger partial charge >= 0.3 is 6.61 Å². The third-order valence-electron chi connectivity index (χ3n) is 2.40. The molecule has 1 heterocycles. The summed E-state index contributed by atoms with van der Waals surface area (Å²) in [6, 6.07) is 7.12. The lowest BCUT2D eigenvalue weighted by molar-refractivity contribution is -0.0498. The number of nitrogens with zero attached hydrogens (tertiary/aromatic N) is 2. The van der Waals surface area contributed by atoms with Crippen molar-refractivity contribution >= 4 is 5.78 Å². The monoisotopic (exact) mass is 252 g/mol. The Balaban J connectivity index is 2.20. The summed E-state index contributed by atoms with van der Waals surface area (Å²) in [5.74, 6) is -0.204. The van der Waals surface area contributed by atoms with E-state index in [1.54, 1.807) is 13.1 Å². The largest absolute Gasteiger partial charge is 0.435 e. The summed E-state index contributed by atoms with van der Waals surface area (Å²) in [4.78, 5) is 12.0. The molecule has 1 aromatic carbocycles. The molecule has 94 valence electrons. The molecule has 2 aromatic rings. The lowest BCUT2D eigenvalue weighted by Gasteiger charge is -2.05. The van der Waals surface area contributed by atoms with Crippen LogP contribution in [0.4, 0.5) is 8.78 Å². The quantitative estimate of drug-likeness (QED) is 0.784. The van der Waals surface area contributed by atoms with Crippen molar-refractivity contribution in [2.24, 2.45) is 7.05 Å². The molecule has 0 fully saturated rings. The topological polar surface area (TPSA) is 44.1 Å². The zero-order chi connectivity index (χ0) is 13.1. The fourth-order valence-electron chi connectivity index (χ4n) is 1.53. The van der Waals surface area contributed by atoms with Gasteiger partial charge in [0.2, 0.25) is 5.78 Å². The van der Waals surface area contributed by atoms with Gasteiger partial charge in [-0.05, 0) is 30.3 Å². The van der Waals surface area contributed by atoms with Crippen molar-refractivity contribution in [1.82, 2.24) is 9.78 Å². The van der Waals surface area contributed by atoms with Gasteiger partial charge in [-0.2, -0.15) is 13.9 Å². The molecule has 0 aliphatic carbocycles. The van der Waals surface area contributed by atoms with Gasteiger partial charge in [-0.25, -0.2) is 0 Å². The van der Waals surface area contributed by atoms with Crippen LogP contribution in [0.5, 0.6) is 5.75 Å². The van der Waals surface area contributed by atoms with Gasteiger partial charge in [0.1, 0.15) is 11.4 Å². The fourth-order valence-corrected chi connectivity index (χ4v) is 1.53. The van der Waals surface area contributed by atoms with E-state index in [4.69, 9.17) is 0 Å². The second-order valence-electron chi connectivity index (χ2n) is 3.57. The van der Waals surface area contributed by atoms with E-state index in [0.29, 0.717) is 11.3 Å². The first-order valence-electron chi connectivity index (χ1n) is 5.15. The van der Waals surface area contributed by atoms with Gasteiger partial charge < -0.3 is 4.74 Å². The van der Waals surface area contributed by atoms with Crippen LogP contribution in [0.3, 0.4) is 0 Å². The Morgan fingerprint density at radius 1 is 1.28 bits per heavy atom. The molecule has 4 nitrogen and oxygen atoms in total. The molecule has 0 aliphatic heterocycles. The number of carbonyl (C=O) groups is 1. The number of ether oxygens (including phenoxy) is 1. The molecule has 0 aliphatic rings. The Morgan fingerprint density at radius 3 is 2.44 bits per heavy atom. The molecule has 0 atom stereocenters. The number of aryl methyl sites for hydroxylation is 1. The minimum Gasteiger partial charge on any atom is -0.435 e. The van der Waals surface area contributed by atoms with E-state index in [1.807, 2.05) is 0 Å². The molecule has 6 heteroatoms. The highest BCUT2D eigenvalue weighted by molar-refractivity contribution is 6.07. The zero-order valence-corrected chi connectivity index (χ0v) is 9.51. The maximum Gasteiger partial charge on any atom is 0.387 e. The molecule has 0 N–H and O–H groups in total. The van der Waals surface area contributed by atoms with Crippen molar-refractivity contribution in [2.75, 3.05) is 0 Å². The van der Waals surface area contributed by atoms with Gasteiger partial charge in [0, 0.05) is 18.8 Å². The Kier molecular flexibility index (Phi) is 3.36. The highest BCUT2D eigenvalue weighted by Crippen LogP contribution is 2.16. The van der Waals surface area contributed by atoms with Crippen LogP contribution in [-0.2, 0) is 7.05 Å². The number of carbonyl (C=O) groups excluding carboxylic acids is 1. The molecule has 1 aromatic heterocycles. The second-order valence-corrected chi connectivity index (χ2v) is 3.57. The summed E-state index contributed by atoms with van der Waals surface area (Å²) in [7, 11) is 1.65. The highest BCUT2D eigenvalue weighted by Gasteiger charge is 2.13. The van der Waals surface area contributed by atoms with Gasteiger partial charge in [-0.1, -0.05) is 0 Å². The maximum absolute atomic E-state index is 12.0. The van der Waals surface area contributed by atoms with E-state index in [0.717, 1.165) is 0 Å². The number of halogens is 2. The smallest absolute Gasteiger partial charge is 0.387 e. The summed E-state index contributed by atoms with van der Waals surface area (Å²) in [5, 5.41) is 3.89. The van der Waals surface area contributed by atoms with Crippen molar-refractivity contribution in [1.29, 1.82) is 0 Å². The lowest BCUT2D eigenvalue weighted by atomic mass is 10.1. The lowest BCUT2D eigenvalue weighted by Crippen LogP contribution is -2.08. The van der Waals surface area contributed by atoms with Gasteiger partial charge in [-0.3, -0.25) is 9.48 Å². The predicted molar refractivity (Wildman–Crippen MR) is 59.7 cm³/mol. The maximum atomic E-state index is 12.0. The summed E-state index contributed by atoms with van der Waals surface area (Å²) in [6.45, 7) is -2.87. The Hall–Kier alpha value is -2.24. The molecule has 0 radical (unpaired) electrons. The number of benzene rings is 1. The van der Waals surface area contributed by atoms with Gasteiger partial charge in [0.25, 0.3) is 0 Å². The second kappa shape index (κ2) is 4.95. The van der Waals surface area contributed by atoms with Crippen LogP contribution in [0.2, 0.25) is 0 Å². The van der Waals surface area contributed by atoms with Gasteiger partial charge in [0.15, 0.2) is 0 Å². The van der Waals surface area contributed by atoms with Crippen molar-refractivity contribution in [3.8, 4) is 5.75 Å². The zero-order valence-electron chi connectivity index (χ0n) is 9.51. The Labute approximate surface area is 102 Å². The SMILES string of the molecule is Cn1nccc1C(=O)c1ccc(OC(F)F)cc1. The number of aromatic nitrogens is 2. The minimum atomic E-state index is -2.87. The third kappa shape index (κ3) is 2.53. The number of alkyl halides is 2. The standard InChI is InChI=1S/C12H10F2N2O2/c1-16-10(6-7-15-16)11(17)8-2-4-9(5-3-8)18-12(13)14/h2-7,12H,1H3. The summed E-state index contributed by atoms with van der Waals surface area (Å²) in [6.07, 6.45) is 1.52. The molecular formula is C12H10F2N2O2. The van der Waals surface area contributed by atoms with Gasteiger partial charge in [0.05, 0.1) is 0 Å². The summed E-state index contributed by atoms with van der Waals surface area (Å²) >= 11 is 0. The number of hydrogen-bond acceptors (Lipinski definition) is 3. The van der Waals surface area contributed by atoms with Crippen molar-refractivity contribution < 1.29 is 18.3 Å². The van der Waals surface area contributed by atoms with Crippen LogP contribution in [-0.4, -0.2) is 22.2 Å². The molecular weight excluding hydrogens is 242 g/mol. The third-order valence-corrected chi connectivity index (χ3v) is 2.40. The number of hydrogen-bond donors (Lipinski definition) is 0. The van der Waals surface area contributed by atoms with E-state index in [2.05, 4.69) is 9.84 Å². The molecule has 0 unspecified atom stereocenters. The molecule has 0 amide bonds. The number of rotatable bonds is 4.